The van der Waals surface area contributed by atoms with Gasteiger partial charge < -0.3 is 9.90 Å². The first-order chi connectivity index (χ1) is 13.5. The van der Waals surface area contributed by atoms with Gasteiger partial charge in [-0.1, -0.05) is 23.7 Å². The summed E-state index contributed by atoms with van der Waals surface area (Å²) in [6, 6.07) is 7.29. The summed E-state index contributed by atoms with van der Waals surface area (Å²) in [6.07, 6.45) is 1.15. The van der Waals surface area contributed by atoms with E-state index in [1.807, 2.05) is 35.8 Å². The summed E-state index contributed by atoms with van der Waals surface area (Å²) >= 11 is 7.77. The van der Waals surface area contributed by atoms with Crippen LogP contribution in [-0.2, 0) is 4.79 Å². The van der Waals surface area contributed by atoms with Crippen molar-refractivity contribution in [3.05, 3.63) is 62.5 Å². The lowest BCUT2D eigenvalue weighted by atomic mass is 10.00. The molecule has 0 fully saturated rings. The summed E-state index contributed by atoms with van der Waals surface area (Å²) in [5.74, 6) is 1.51. The first-order valence-electron chi connectivity index (χ1n) is 8.76. The number of fused-ring (bicyclic) bond motifs is 3. The lowest BCUT2D eigenvalue weighted by Gasteiger charge is -2.10. The molecule has 6 nitrogen and oxygen atoms in total. The SMILES string of the molecule is CO.Cc1sc2c(c1C)C(c1ccc(Cl)cc1)=NC(CC=O)c1nnc(C)n1-2. The average Bonchev–Trinajstić information content (AvgIpc) is 3.17. The van der Waals surface area contributed by atoms with Crippen molar-refractivity contribution in [3.63, 3.8) is 0 Å². The molecule has 1 aromatic carbocycles. The van der Waals surface area contributed by atoms with E-state index in [9.17, 15) is 4.79 Å². The lowest BCUT2D eigenvalue weighted by Crippen LogP contribution is -2.07. The molecule has 8 heteroatoms. The van der Waals surface area contributed by atoms with Gasteiger partial charge in [0, 0.05) is 34.6 Å². The van der Waals surface area contributed by atoms with Crippen molar-refractivity contribution in [1.82, 2.24) is 14.8 Å². The number of nitrogens with zero attached hydrogens (tertiary/aromatic N) is 4. The molecule has 0 bridgehead atoms. The molecule has 3 heterocycles. The van der Waals surface area contributed by atoms with Crippen molar-refractivity contribution < 1.29 is 9.90 Å². The van der Waals surface area contributed by atoms with E-state index in [4.69, 9.17) is 21.7 Å². The number of aliphatic hydroxyl groups excluding tert-OH is 1. The van der Waals surface area contributed by atoms with Gasteiger partial charge in [-0.25, -0.2) is 0 Å². The van der Waals surface area contributed by atoms with E-state index in [1.54, 1.807) is 11.3 Å². The Balaban J connectivity index is 0.00000109. The van der Waals surface area contributed by atoms with Gasteiger partial charge in [-0.3, -0.25) is 9.56 Å². The molecule has 0 saturated carbocycles. The standard InChI is InChI=1S/C19H17ClN4OS.CH4O/c1-10-11(2)26-19-16(10)17(13-4-6-14(20)7-5-13)21-15(8-9-25)18-23-22-12(3)24(18)19;1-2/h4-7,9,15H,8H2,1-3H3;2H,1H3. The van der Waals surface area contributed by atoms with Crippen LogP contribution < -0.4 is 0 Å². The van der Waals surface area contributed by atoms with Crippen LogP contribution >= 0.6 is 22.9 Å². The number of hydrogen-bond acceptors (Lipinski definition) is 6. The van der Waals surface area contributed by atoms with Crippen LogP contribution in [0.1, 0.15) is 45.7 Å². The van der Waals surface area contributed by atoms with Gasteiger partial charge in [-0.2, -0.15) is 0 Å². The van der Waals surface area contributed by atoms with E-state index < -0.39 is 0 Å². The quantitative estimate of drug-likeness (QED) is 0.654. The third-order valence-electron chi connectivity index (χ3n) is 4.68. The van der Waals surface area contributed by atoms with E-state index in [2.05, 4.69) is 24.0 Å². The fourth-order valence-electron chi connectivity index (χ4n) is 3.24. The summed E-state index contributed by atoms with van der Waals surface area (Å²) in [5.41, 5.74) is 4.11. The number of thiophene rings is 1. The number of aryl methyl sites for hydroxylation is 2. The van der Waals surface area contributed by atoms with E-state index in [0.29, 0.717) is 10.8 Å². The number of carbonyl (C=O) groups excluding carboxylic acids is 1. The maximum Gasteiger partial charge on any atom is 0.163 e. The van der Waals surface area contributed by atoms with Crippen molar-refractivity contribution in [3.8, 4) is 5.00 Å². The van der Waals surface area contributed by atoms with Gasteiger partial charge in [-0.05, 0) is 38.5 Å². The first-order valence-corrected chi connectivity index (χ1v) is 9.95. The second-order valence-electron chi connectivity index (χ2n) is 6.31. The Morgan fingerprint density at radius 3 is 2.50 bits per heavy atom. The zero-order valence-electron chi connectivity index (χ0n) is 16.1. The van der Waals surface area contributed by atoms with Crippen LogP contribution in [-0.4, -0.2) is 39.0 Å². The Labute approximate surface area is 172 Å². The van der Waals surface area contributed by atoms with E-state index in [0.717, 1.165) is 41.1 Å². The average molecular weight is 417 g/mol. The minimum atomic E-state index is -0.362. The molecule has 146 valence electrons. The minimum absolute atomic E-state index is 0.266. The topological polar surface area (TPSA) is 80.4 Å². The molecule has 4 rings (SSSR count). The van der Waals surface area contributed by atoms with Gasteiger partial charge in [0.1, 0.15) is 23.2 Å². The van der Waals surface area contributed by atoms with Crippen molar-refractivity contribution in [2.75, 3.05) is 7.11 Å². The Kier molecular flexibility index (Phi) is 6.07. The lowest BCUT2D eigenvalue weighted by molar-refractivity contribution is -0.108. The molecule has 1 atom stereocenters. The van der Waals surface area contributed by atoms with Crippen LogP contribution in [0.3, 0.4) is 0 Å². The number of aliphatic imine (C=N–C) groups is 1. The fourth-order valence-corrected chi connectivity index (χ4v) is 4.58. The van der Waals surface area contributed by atoms with Gasteiger partial charge in [-0.15, -0.1) is 21.5 Å². The number of hydrogen-bond donors (Lipinski definition) is 1. The van der Waals surface area contributed by atoms with Gasteiger partial charge in [0.25, 0.3) is 0 Å². The van der Waals surface area contributed by atoms with Gasteiger partial charge in [0.2, 0.25) is 0 Å². The number of aldehydes is 1. The Bertz CT molecular complexity index is 1040. The number of aromatic nitrogens is 3. The number of rotatable bonds is 3. The largest absolute Gasteiger partial charge is 0.400 e. The minimum Gasteiger partial charge on any atom is -0.400 e. The van der Waals surface area contributed by atoms with E-state index in [-0.39, 0.29) is 12.5 Å². The van der Waals surface area contributed by atoms with Crippen molar-refractivity contribution in [1.29, 1.82) is 0 Å². The summed E-state index contributed by atoms with van der Waals surface area (Å²) in [6.45, 7) is 6.14. The number of benzene rings is 1. The van der Waals surface area contributed by atoms with Crippen molar-refractivity contribution in [2.45, 2.75) is 33.2 Å². The van der Waals surface area contributed by atoms with Crippen LogP contribution in [0.4, 0.5) is 0 Å². The fraction of sp³-hybridized carbons (Fsp3) is 0.300. The molecule has 2 aromatic heterocycles. The highest BCUT2D eigenvalue weighted by Gasteiger charge is 2.30. The first kappa shape index (κ1) is 20.4. The number of aliphatic hydroxyl groups is 1. The highest BCUT2D eigenvalue weighted by Crippen LogP contribution is 2.39. The monoisotopic (exact) mass is 416 g/mol. The summed E-state index contributed by atoms with van der Waals surface area (Å²) in [5, 5.41) is 17.3. The predicted octanol–water partition coefficient (Wildman–Crippen LogP) is 4.00. The molecule has 1 unspecified atom stereocenters. The van der Waals surface area contributed by atoms with Crippen molar-refractivity contribution >= 4 is 34.9 Å². The zero-order chi connectivity index (χ0) is 20.4. The van der Waals surface area contributed by atoms with Crippen LogP contribution in [0, 0.1) is 20.8 Å². The highest BCUT2D eigenvalue weighted by molar-refractivity contribution is 7.15. The molecule has 1 aliphatic heterocycles. The van der Waals surface area contributed by atoms with Gasteiger partial charge in [0.15, 0.2) is 5.82 Å². The summed E-state index contributed by atoms with van der Waals surface area (Å²) in [4.78, 5) is 17.5. The molecule has 0 radical (unpaired) electrons. The molecule has 28 heavy (non-hydrogen) atoms. The Morgan fingerprint density at radius 2 is 1.86 bits per heavy atom. The second-order valence-corrected chi connectivity index (χ2v) is 7.95. The van der Waals surface area contributed by atoms with Crippen LogP contribution in [0.2, 0.25) is 5.02 Å². The van der Waals surface area contributed by atoms with Crippen LogP contribution in [0.25, 0.3) is 5.00 Å². The molecular weight excluding hydrogens is 396 g/mol. The van der Waals surface area contributed by atoms with E-state index >= 15 is 0 Å². The second kappa shape index (κ2) is 8.34. The molecular formula is C20H21ClN4O2S. The third-order valence-corrected chi connectivity index (χ3v) is 6.12. The van der Waals surface area contributed by atoms with Gasteiger partial charge >= 0.3 is 0 Å². The maximum atomic E-state index is 11.3. The van der Waals surface area contributed by atoms with Crippen LogP contribution in [0.15, 0.2) is 29.3 Å². The summed E-state index contributed by atoms with van der Waals surface area (Å²) < 4.78 is 2.04. The molecule has 3 aromatic rings. The smallest absolute Gasteiger partial charge is 0.163 e. The Hall–Kier alpha value is -2.35. The molecule has 1 aliphatic rings. The molecule has 0 saturated heterocycles. The van der Waals surface area contributed by atoms with Crippen molar-refractivity contribution in [2.24, 2.45) is 4.99 Å². The van der Waals surface area contributed by atoms with Gasteiger partial charge in [0.05, 0.1) is 5.71 Å². The zero-order valence-corrected chi connectivity index (χ0v) is 17.7. The molecule has 1 N–H and O–H groups in total. The summed E-state index contributed by atoms with van der Waals surface area (Å²) in [7, 11) is 1.00. The number of carbonyl (C=O) groups is 1. The normalized spacial score (nSPS) is 14.9. The Morgan fingerprint density at radius 1 is 1.18 bits per heavy atom. The highest BCUT2D eigenvalue weighted by atomic mass is 35.5. The number of halogens is 1. The molecule has 0 spiro atoms. The molecule has 0 amide bonds. The van der Waals surface area contributed by atoms with E-state index in [1.165, 1.54) is 10.4 Å². The third kappa shape index (κ3) is 3.41. The maximum absolute atomic E-state index is 11.3. The predicted molar refractivity (Wildman–Crippen MR) is 112 cm³/mol. The van der Waals surface area contributed by atoms with Crippen LogP contribution in [0.5, 0.6) is 0 Å². The molecule has 0 aliphatic carbocycles.